The van der Waals surface area contributed by atoms with Gasteiger partial charge in [-0.1, -0.05) is 25.8 Å². The van der Waals surface area contributed by atoms with Gasteiger partial charge in [-0.3, -0.25) is 4.90 Å². The van der Waals surface area contributed by atoms with Gasteiger partial charge in [0.25, 0.3) is 0 Å². The number of aromatic hydroxyl groups is 1. The number of fused-ring (bicyclic) bond motifs is 1. The Morgan fingerprint density at radius 3 is 2.80 bits per heavy atom. The molecule has 0 heterocycles. The zero-order chi connectivity index (χ0) is 14.1. The second kappa shape index (κ2) is 5.77. The van der Waals surface area contributed by atoms with Gasteiger partial charge < -0.3 is 5.11 Å². The van der Waals surface area contributed by atoms with Crippen molar-refractivity contribution >= 4 is 0 Å². The van der Waals surface area contributed by atoms with Crippen LogP contribution in [-0.4, -0.2) is 23.1 Å². The van der Waals surface area contributed by atoms with Crippen molar-refractivity contribution in [3.05, 3.63) is 29.3 Å². The summed E-state index contributed by atoms with van der Waals surface area (Å²) in [5.74, 6) is 1.28. The molecule has 0 aliphatic heterocycles. The normalized spacial score (nSPS) is 30.2. The average molecular weight is 273 g/mol. The van der Waals surface area contributed by atoms with E-state index < -0.39 is 0 Å². The van der Waals surface area contributed by atoms with E-state index in [-0.39, 0.29) is 0 Å². The van der Waals surface area contributed by atoms with Crippen molar-refractivity contribution in [1.29, 1.82) is 0 Å². The van der Waals surface area contributed by atoms with Gasteiger partial charge in [0, 0.05) is 12.1 Å². The first-order chi connectivity index (χ1) is 9.65. The Labute approximate surface area is 122 Å². The summed E-state index contributed by atoms with van der Waals surface area (Å²) in [6, 6.07) is 7.18. The lowest BCUT2D eigenvalue weighted by Crippen LogP contribution is -2.39. The van der Waals surface area contributed by atoms with Crippen LogP contribution < -0.4 is 0 Å². The fraction of sp³-hybridized carbons (Fsp3) is 0.667. The molecule has 1 N–H and O–H groups in total. The minimum Gasteiger partial charge on any atom is -0.508 e. The minimum atomic E-state index is 0.418. The fourth-order valence-corrected chi connectivity index (χ4v) is 4.21. The van der Waals surface area contributed by atoms with Crippen molar-refractivity contribution < 1.29 is 5.11 Å². The zero-order valence-electron chi connectivity index (χ0n) is 12.8. The first-order valence-electron chi connectivity index (χ1n) is 8.19. The van der Waals surface area contributed by atoms with Crippen LogP contribution in [0.15, 0.2) is 18.2 Å². The van der Waals surface area contributed by atoms with Crippen molar-refractivity contribution in [2.45, 2.75) is 64.0 Å². The molecule has 1 aromatic carbocycles. The maximum atomic E-state index is 9.82. The largest absolute Gasteiger partial charge is 0.508 e. The molecule has 1 fully saturated rings. The third kappa shape index (κ3) is 2.71. The molecule has 0 amide bonds. The van der Waals surface area contributed by atoms with Crippen LogP contribution in [-0.2, 0) is 6.42 Å². The molecule has 110 valence electrons. The number of hydrogen-bond donors (Lipinski definition) is 1. The predicted octanol–water partition coefficient (Wildman–Crippen LogP) is 4.28. The second-order valence-electron chi connectivity index (χ2n) is 6.88. The number of nitrogens with zero attached hydrogens (tertiary/aromatic N) is 1. The summed E-state index contributed by atoms with van der Waals surface area (Å²) in [6.45, 7) is 2.39. The van der Waals surface area contributed by atoms with Crippen molar-refractivity contribution in [1.82, 2.24) is 4.90 Å². The molecular formula is C18H27NO. The molecule has 0 radical (unpaired) electrons. The number of aryl methyl sites for hydroxylation is 1. The van der Waals surface area contributed by atoms with Crippen LogP contribution in [0.25, 0.3) is 0 Å². The molecule has 20 heavy (non-hydrogen) atoms. The summed E-state index contributed by atoms with van der Waals surface area (Å²) >= 11 is 0. The Morgan fingerprint density at radius 1 is 1.15 bits per heavy atom. The quantitative estimate of drug-likeness (QED) is 0.869. The first-order valence-corrected chi connectivity index (χ1v) is 8.19. The van der Waals surface area contributed by atoms with Crippen molar-refractivity contribution in [2.24, 2.45) is 5.92 Å². The van der Waals surface area contributed by atoms with Gasteiger partial charge in [-0.05, 0) is 68.3 Å². The third-order valence-electron chi connectivity index (χ3n) is 5.39. The number of benzene rings is 1. The Bertz CT molecular complexity index is 470. The highest BCUT2D eigenvalue weighted by atomic mass is 16.3. The topological polar surface area (TPSA) is 23.5 Å². The van der Waals surface area contributed by atoms with Crippen LogP contribution in [0, 0.1) is 5.92 Å². The summed E-state index contributed by atoms with van der Waals surface area (Å²) in [5, 5.41) is 9.82. The van der Waals surface area contributed by atoms with Gasteiger partial charge in [-0.2, -0.15) is 0 Å². The SMILES string of the molecule is CC1CCCC(N(C)C2CCCc3ccc(O)cc32)C1. The van der Waals surface area contributed by atoms with E-state index in [1.165, 1.54) is 56.1 Å². The van der Waals surface area contributed by atoms with E-state index in [4.69, 9.17) is 0 Å². The Hall–Kier alpha value is -1.02. The van der Waals surface area contributed by atoms with Crippen molar-refractivity contribution in [2.75, 3.05) is 7.05 Å². The van der Waals surface area contributed by atoms with Gasteiger partial charge >= 0.3 is 0 Å². The highest BCUT2D eigenvalue weighted by molar-refractivity contribution is 5.38. The molecule has 0 spiro atoms. The molecule has 0 bridgehead atoms. The van der Waals surface area contributed by atoms with Crippen molar-refractivity contribution in [3.8, 4) is 5.75 Å². The molecule has 2 nitrogen and oxygen atoms in total. The summed E-state index contributed by atoms with van der Waals surface area (Å²) in [6.07, 6.45) is 9.11. The molecule has 3 unspecified atom stereocenters. The van der Waals surface area contributed by atoms with Crippen LogP contribution in [0.1, 0.15) is 62.6 Å². The van der Waals surface area contributed by atoms with Crippen LogP contribution in [0.3, 0.4) is 0 Å². The summed E-state index contributed by atoms with van der Waals surface area (Å²) in [7, 11) is 2.30. The van der Waals surface area contributed by atoms with E-state index in [1.807, 2.05) is 12.1 Å². The van der Waals surface area contributed by atoms with Gasteiger partial charge in [-0.25, -0.2) is 0 Å². The smallest absolute Gasteiger partial charge is 0.115 e. The fourth-order valence-electron chi connectivity index (χ4n) is 4.21. The molecule has 2 aliphatic carbocycles. The molecular weight excluding hydrogens is 246 g/mol. The molecule has 2 aliphatic rings. The molecule has 1 saturated carbocycles. The van der Waals surface area contributed by atoms with Crippen LogP contribution in [0.4, 0.5) is 0 Å². The molecule has 3 atom stereocenters. The Kier molecular flexibility index (Phi) is 4.02. The summed E-state index contributed by atoms with van der Waals surface area (Å²) in [5.41, 5.74) is 2.81. The van der Waals surface area contributed by atoms with Gasteiger partial charge in [0.05, 0.1) is 0 Å². The third-order valence-corrected chi connectivity index (χ3v) is 5.39. The Balaban J connectivity index is 1.82. The lowest BCUT2D eigenvalue weighted by Gasteiger charge is -2.41. The van der Waals surface area contributed by atoms with Crippen LogP contribution in [0.5, 0.6) is 5.75 Å². The zero-order valence-corrected chi connectivity index (χ0v) is 12.8. The molecule has 0 aromatic heterocycles. The number of phenolic OH excluding ortho intramolecular Hbond substituents is 1. The lowest BCUT2D eigenvalue weighted by molar-refractivity contribution is 0.108. The van der Waals surface area contributed by atoms with Gasteiger partial charge in [0.15, 0.2) is 0 Å². The van der Waals surface area contributed by atoms with Gasteiger partial charge in [-0.15, -0.1) is 0 Å². The number of phenols is 1. The number of rotatable bonds is 2. The number of hydrogen-bond acceptors (Lipinski definition) is 2. The van der Waals surface area contributed by atoms with E-state index >= 15 is 0 Å². The van der Waals surface area contributed by atoms with Crippen LogP contribution >= 0.6 is 0 Å². The Morgan fingerprint density at radius 2 is 2.00 bits per heavy atom. The lowest BCUT2D eigenvalue weighted by atomic mass is 9.82. The average Bonchev–Trinajstić information content (AvgIpc) is 2.46. The standard InChI is InChI=1S/C18H27NO/c1-13-5-3-7-15(11-13)19(2)18-8-4-6-14-9-10-16(20)12-17(14)18/h9-10,12-13,15,18,20H,3-8,11H2,1-2H3. The molecule has 3 rings (SSSR count). The van der Waals surface area contributed by atoms with Gasteiger partial charge in [0.2, 0.25) is 0 Å². The first kappa shape index (κ1) is 13.9. The summed E-state index contributed by atoms with van der Waals surface area (Å²) < 4.78 is 0. The van der Waals surface area contributed by atoms with E-state index in [1.54, 1.807) is 0 Å². The maximum absolute atomic E-state index is 9.82. The van der Waals surface area contributed by atoms with Gasteiger partial charge in [0.1, 0.15) is 5.75 Å². The van der Waals surface area contributed by atoms with E-state index in [0.29, 0.717) is 11.8 Å². The second-order valence-corrected chi connectivity index (χ2v) is 6.88. The highest BCUT2D eigenvalue weighted by Crippen LogP contribution is 2.39. The molecule has 2 heteroatoms. The summed E-state index contributed by atoms with van der Waals surface area (Å²) in [4.78, 5) is 2.60. The van der Waals surface area contributed by atoms with E-state index in [0.717, 1.165) is 12.0 Å². The van der Waals surface area contributed by atoms with E-state index in [2.05, 4.69) is 24.9 Å². The predicted molar refractivity (Wildman–Crippen MR) is 83.0 cm³/mol. The minimum absolute atomic E-state index is 0.418. The highest BCUT2D eigenvalue weighted by Gasteiger charge is 2.30. The molecule has 0 saturated heterocycles. The monoisotopic (exact) mass is 273 g/mol. The maximum Gasteiger partial charge on any atom is 0.115 e. The molecule has 1 aromatic rings. The van der Waals surface area contributed by atoms with Crippen molar-refractivity contribution in [3.63, 3.8) is 0 Å². The van der Waals surface area contributed by atoms with E-state index in [9.17, 15) is 5.11 Å². The van der Waals surface area contributed by atoms with Crippen LogP contribution in [0.2, 0.25) is 0 Å².